The van der Waals surface area contributed by atoms with E-state index >= 15 is 0 Å². The average Bonchev–Trinajstić information content (AvgIpc) is 2.04. The van der Waals surface area contributed by atoms with Crippen molar-refractivity contribution in [2.24, 2.45) is 0 Å². The minimum Gasteiger partial charge on any atom is -0.758 e. The van der Waals surface area contributed by atoms with E-state index in [2.05, 4.69) is 21.2 Å². The summed E-state index contributed by atoms with van der Waals surface area (Å²) < 4.78 is 0.902. The molecule has 0 aliphatic rings. The Morgan fingerprint density at radius 2 is 2.17 bits per heavy atom. The maximum atomic E-state index is 11.0. The number of nitrogens with one attached hydrogen (secondary N) is 1. The highest BCUT2D eigenvalue weighted by Gasteiger charge is 1.99. The number of anilines is 2. The van der Waals surface area contributed by atoms with Crippen LogP contribution in [-0.2, 0) is 0 Å². The van der Waals surface area contributed by atoms with E-state index in [4.69, 9.17) is 0 Å². The van der Waals surface area contributed by atoms with E-state index in [1.807, 2.05) is 12.1 Å². The molecule has 0 aromatic heterocycles. The van der Waals surface area contributed by atoms with Crippen LogP contribution < -0.4 is 10.4 Å². The number of hydroxylamine groups is 1. The van der Waals surface area contributed by atoms with E-state index in [0.29, 0.717) is 5.69 Å². The van der Waals surface area contributed by atoms with Gasteiger partial charge in [0.25, 0.3) is 0 Å². The van der Waals surface area contributed by atoms with E-state index in [0.717, 1.165) is 15.2 Å². The van der Waals surface area contributed by atoms with E-state index in [9.17, 15) is 5.21 Å². The third-order valence-corrected chi connectivity index (χ3v) is 2.06. The Morgan fingerprint density at radius 3 is 2.67 bits per heavy atom. The third-order valence-electron chi connectivity index (χ3n) is 1.57. The Hall–Kier alpha value is -0.740. The Kier molecular flexibility index (Phi) is 2.94. The fourth-order valence-corrected chi connectivity index (χ4v) is 1.33. The van der Waals surface area contributed by atoms with Crippen molar-refractivity contribution < 1.29 is 0 Å². The monoisotopic (exact) mass is 229 g/mol. The van der Waals surface area contributed by atoms with Crippen molar-refractivity contribution in [2.45, 2.75) is 0 Å². The topological polar surface area (TPSA) is 38.3 Å². The van der Waals surface area contributed by atoms with Crippen LogP contribution in [0, 0.1) is 5.21 Å². The summed E-state index contributed by atoms with van der Waals surface area (Å²) >= 11 is 3.30. The van der Waals surface area contributed by atoms with Crippen molar-refractivity contribution in [2.75, 3.05) is 24.5 Å². The van der Waals surface area contributed by atoms with Gasteiger partial charge in [0.1, 0.15) is 0 Å². The van der Waals surface area contributed by atoms with E-state index in [-0.39, 0.29) is 0 Å². The molecule has 0 aliphatic heterocycles. The Bertz CT molecular complexity index is 276. The molecule has 0 aliphatic carbocycles. The highest BCUT2D eigenvalue weighted by Crippen LogP contribution is 2.27. The van der Waals surface area contributed by atoms with Gasteiger partial charge < -0.3 is 15.6 Å². The van der Waals surface area contributed by atoms with Crippen molar-refractivity contribution >= 4 is 27.3 Å². The first-order valence-corrected chi connectivity index (χ1v) is 4.32. The van der Waals surface area contributed by atoms with Crippen LogP contribution in [0.2, 0.25) is 0 Å². The minimum absolute atomic E-state index is 0.631. The molecule has 0 saturated carbocycles. The van der Waals surface area contributed by atoms with Crippen LogP contribution in [0.25, 0.3) is 0 Å². The van der Waals surface area contributed by atoms with Gasteiger partial charge in [0.15, 0.2) is 0 Å². The molecule has 12 heavy (non-hydrogen) atoms. The summed E-state index contributed by atoms with van der Waals surface area (Å²) in [5, 5.41) is 14.8. The number of benzene rings is 1. The van der Waals surface area contributed by atoms with Crippen LogP contribution >= 0.6 is 15.9 Å². The summed E-state index contributed by atoms with van der Waals surface area (Å²) in [6.45, 7) is 0. The van der Waals surface area contributed by atoms with Gasteiger partial charge >= 0.3 is 0 Å². The third kappa shape index (κ3) is 1.89. The molecule has 0 spiro atoms. The molecule has 1 rings (SSSR count). The van der Waals surface area contributed by atoms with Gasteiger partial charge in [0.05, 0.1) is 11.4 Å². The van der Waals surface area contributed by atoms with Crippen molar-refractivity contribution in [1.82, 2.24) is 0 Å². The lowest BCUT2D eigenvalue weighted by Crippen LogP contribution is -2.08. The normalized spacial score (nSPS) is 9.67. The van der Waals surface area contributed by atoms with Crippen molar-refractivity contribution in [1.29, 1.82) is 0 Å². The zero-order valence-electron chi connectivity index (χ0n) is 6.97. The quantitative estimate of drug-likeness (QED) is 0.793. The molecule has 1 aromatic carbocycles. The fraction of sp³-hybridized carbons (Fsp3) is 0.250. The molecule has 3 nitrogen and oxygen atoms in total. The molecule has 1 N–H and O–H groups in total. The molecule has 0 amide bonds. The van der Waals surface area contributed by atoms with Crippen molar-refractivity contribution in [3.05, 3.63) is 27.9 Å². The van der Waals surface area contributed by atoms with Crippen LogP contribution in [0.1, 0.15) is 0 Å². The summed E-state index contributed by atoms with van der Waals surface area (Å²) in [6, 6.07) is 5.52. The average molecular weight is 230 g/mol. The fourth-order valence-electron chi connectivity index (χ4n) is 0.977. The zero-order valence-corrected chi connectivity index (χ0v) is 8.55. The Balaban J connectivity index is 3.12. The predicted octanol–water partition coefficient (Wildman–Crippen LogP) is 2.42. The molecule has 66 valence electrons. The first-order valence-electron chi connectivity index (χ1n) is 3.53. The van der Waals surface area contributed by atoms with Gasteiger partial charge in [-0.15, -0.1) is 0 Å². The number of hydrogen-bond acceptors (Lipinski definition) is 3. The van der Waals surface area contributed by atoms with Gasteiger partial charge in [-0.3, -0.25) is 0 Å². The second-order valence-corrected chi connectivity index (χ2v) is 3.32. The number of halogens is 1. The highest BCUT2D eigenvalue weighted by atomic mass is 79.9. The van der Waals surface area contributed by atoms with Gasteiger partial charge in [-0.25, -0.2) is 0 Å². The lowest BCUT2D eigenvalue weighted by Gasteiger charge is -2.27. The lowest BCUT2D eigenvalue weighted by molar-refractivity contribution is 1.21. The van der Waals surface area contributed by atoms with Gasteiger partial charge in [-0.05, 0) is 25.2 Å². The molecular weight excluding hydrogens is 220 g/mol. The van der Waals surface area contributed by atoms with Crippen molar-refractivity contribution in [3.63, 3.8) is 0 Å². The number of rotatable bonds is 2. The van der Waals surface area contributed by atoms with Crippen LogP contribution in [0.15, 0.2) is 22.7 Å². The van der Waals surface area contributed by atoms with Gasteiger partial charge in [-0.1, -0.05) is 15.9 Å². The number of hydrogen-bond donors (Lipinski definition) is 1. The second-order valence-electron chi connectivity index (χ2n) is 2.41. The molecule has 0 atom stereocenters. The van der Waals surface area contributed by atoms with Crippen LogP contribution in [-0.4, -0.2) is 14.1 Å². The maximum Gasteiger partial charge on any atom is 0.0568 e. The molecular formula is C8H10BrN2O-. The summed E-state index contributed by atoms with van der Waals surface area (Å²) in [5.41, 5.74) is 1.46. The summed E-state index contributed by atoms with van der Waals surface area (Å²) in [4.78, 5) is 0. The van der Waals surface area contributed by atoms with Gasteiger partial charge in [0, 0.05) is 11.5 Å². The van der Waals surface area contributed by atoms with Gasteiger partial charge in [-0.2, -0.15) is 0 Å². The molecule has 0 unspecified atom stereocenters. The molecule has 0 bridgehead atoms. The molecule has 0 fully saturated rings. The maximum absolute atomic E-state index is 11.0. The summed E-state index contributed by atoms with van der Waals surface area (Å²) in [7, 11) is 3.26. The standard InChI is InChI=1S/C8H10BrN2O/c1-10-7-4-3-6(9)5-8(7)11(2)12/h3-5,10H,1-2H3/q-1. The molecule has 4 heteroatoms. The summed E-state index contributed by atoms with van der Waals surface area (Å²) in [5.74, 6) is 0. The molecule has 0 saturated heterocycles. The van der Waals surface area contributed by atoms with Crippen LogP contribution in [0.4, 0.5) is 11.4 Å². The second kappa shape index (κ2) is 3.78. The Labute approximate surface area is 80.1 Å². The SMILES string of the molecule is CNc1ccc(Br)cc1N(C)[O-]. The molecule has 1 aromatic rings. The van der Waals surface area contributed by atoms with Gasteiger partial charge in [0.2, 0.25) is 0 Å². The first kappa shape index (κ1) is 9.35. The van der Waals surface area contributed by atoms with E-state index in [1.165, 1.54) is 7.05 Å². The number of nitrogens with zero attached hydrogens (tertiary/aromatic N) is 1. The van der Waals surface area contributed by atoms with E-state index in [1.54, 1.807) is 13.1 Å². The minimum atomic E-state index is 0.631. The first-order chi connectivity index (χ1) is 5.65. The molecule has 0 radical (unpaired) electrons. The predicted molar refractivity (Wildman–Crippen MR) is 55.5 cm³/mol. The van der Waals surface area contributed by atoms with E-state index < -0.39 is 0 Å². The lowest BCUT2D eigenvalue weighted by atomic mass is 10.2. The summed E-state index contributed by atoms with van der Waals surface area (Å²) in [6.07, 6.45) is 0. The smallest absolute Gasteiger partial charge is 0.0568 e. The van der Waals surface area contributed by atoms with Crippen molar-refractivity contribution in [3.8, 4) is 0 Å². The largest absolute Gasteiger partial charge is 0.758 e. The zero-order chi connectivity index (χ0) is 9.14. The molecule has 0 heterocycles. The van der Waals surface area contributed by atoms with Crippen LogP contribution in [0.5, 0.6) is 0 Å². The van der Waals surface area contributed by atoms with Crippen LogP contribution in [0.3, 0.4) is 0 Å². The highest BCUT2D eigenvalue weighted by molar-refractivity contribution is 9.10. The Morgan fingerprint density at radius 1 is 1.50 bits per heavy atom.